The Balaban J connectivity index is 2.82. The molecule has 4 nitrogen and oxygen atoms in total. The maximum Gasteiger partial charge on any atom is 0.219 e. The number of rotatable bonds is 6. The zero-order valence-corrected chi connectivity index (χ0v) is 11.1. The fraction of sp³-hybridized carbons (Fsp3) is 0.636. The van der Waals surface area contributed by atoms with Gasteiger partial charge in [0, 0.05) is 12.6 Å². The van der Waals surface area contributed by atoms with Crippen molar-refractivity contribution in [3.05, 3.63) is 6.07 Å². The lowest BCUT2D eigenvalue weighted by atomic mass is 10.4. The summed E-state index contributed by atoms with van der Waals surface area (Å²) >= 11 is 1.52. The predicted molar refractivity (Wildman–Crippen MR) is 68.4 cm³/mol. The van der Waals surface area contributed by atoms with E-state index in [2.05, 4.69) is 22.2 Å². The van der Waals surface area contributed by atoms with Gasteiger partial charge in [0.05, 0.1) is 6.10 Å². The van der Waals surface area contributed by atoms with E-state index in [4.69, 9.17) is 4.74 Å². The largest absolute Gasteiger partial charge is 0.475 e. The van der Waals surface area contributed by atoms with E-state index >= 15 is 0 Å². The van der Waals surface area contributed by atoms with Crippen LogP contribution >= 0.6 is 11.8 Å². The van der Waals surface area contributed by atoms with Crippen molar-refractivity contribution in [3.8, 4) is 5.88 Å². The number of nitrogens with zero attached hydrogens (tertiary/aromatic N) is 2. The Morgan fingerprint density at radius 2 is 2.19 bits per heavy atom. The Kier molecular flexibility index (Phi) is 5.38. The third-order valence-electron chi connectivity index (χ3n) is 1.78. The van der Waals surface area contributed by atoms with E-state index in [0.29, 0.717) is 5.88 Å². The average Bonchev–Trinajstić information content (AvgIpc) is 2.25. The summed E-state index contributed by atoms with van der Waals surface area (Å²) in [6.07, 6.45) is 3.15. The zero-order valence-electron chi connectivity index (χ0n) is 10.3. The number of hydrogen-bond donors (Lipinski definition) is 1. The van der Waals surface area contributed by atoms with Gasteiger partial charge >= 0.3 is 0 Å². The molecule has 16 heavy (non-hydrogen) atoms. The maximum atomic E-state index is 5.57. The molecule has 0 bridgehead atoms. The fourth-order valence-electron chi connectivity index (χ4n) is 1.14. The van der Waals surface area contributed by atoms with Crippen LogP contribution in [0.5, 0.6) is 5.88 Å². The van der Waals surface area contributed by atoms with E-state index in [1.165, 1.54) is 11.8 Å². The van der Waals surface area contributed by atoms with E-state index in [1.807, 2.05) is 26.2 Å². The summed E-state index contributed by atoms with van der Waals surface area (Å²) in [6, 6.07) is 1.84. The van der Waals surface area contributed by atoms with E-state index < -0.39 is 0 Å². The van der Waals surface area contributed by atoms with Gasteiger partial charge in [0.2, 0.25) is 5.88 Å². The summed E-state index contributed by atoms with van der Waals surface area (Å²) in [6.45, 7) is 7.00. The Bertz CT molecular complexity index is 331. The van der Waals surface area contributed by atoms with Crippen molar-refractivity contribution >= 4 is 17.6 Å². The molecule has 0 saturated carbocycles. The van der Waals surface area contributed by atoms with Crippen molar-refractivity contribution in [1.82, 2.24) is 9.97 Å². The molecule has 0 aliphatic rings. The molecule has 1 aromatic rings. The SMILES string of the molecule is CCCNc1cc(OC(C)C)nc(SC)n1. The van der Waals surface area contributed by atoms with E-state index in [0.717, 1.165) is 23.9 Å². The number of anilines is 1. The quantitative estimate of drug-likeness (QED) is 0.613. The highest BCUT2D eigenvalue weighted by atomic mass is 32.2. The number of thioether (sulfide) groups is 1. The third kappa shape index (κ3) is 4.26. The molecule has 1 rings (SSSR count). The Labute approximate surface area is 101 Å². The topological polar surface area (TPSA) is 47.0 Å². The van der Waals surface area contributed by atoms with Crippen LogP contribution in [0.2, 0.25) is 0 Å². The van der Waals surface area contributed by atoms with Crippen molar-refractivity contribution in [2.24, 2.45) is 0 Å². The molecule has 0 aromatic carbocycles. The maximum absolute atomic E-state index is 5.57. The standard InChI is InChI=1S/C11H19N3OS/c1-5-6-12-9-7-10(15-8(2)3)14-11(13-9)16-4/h7-8H,5-6H2,1-4H3,(H,12,13,14). The van der Waals surface area contributed by atoms with Crippen LogP contribution in [0.4, 0.5) is 5.82 Å². The van der Waals surface area contributed by atoms with E-state index in [9.17, 15) is 0 Å². The summed E-state index contributed by atoms with van der Waals surface area (Å²) in [5, 5.41) is 3.97. The molecular formula is C11H19N3OS. The molecule has 0 aliphatic heterocycles. The lowest BCUT2D eigenvalue weighted by molar-refractivity contribution is 0.230. The molecule has 0 atom stereocenters. The van der Waals surface area contributed by atoms with Gasteiger partial charge in [-0.05, 0) is 26.5 Å². The van der Waals surface area contributed by atoms with Crippen molar-refractivity contribution in [2.45, 2.75) is 38.5 Å². The second-order valence-corrected chi connectivity index (χ2v) is 4.44. The zero-order chi connectivity index (χ0) is 12.0. The Morgan fingerprint density at radius 3 is 2.75 bits per heavy atom. The fourth-order valence-corrected chi connectivity index (χ4v) is 1.51. The number of ether oxygens (including phenoxy) is 1. The molecule has 0 fully saturated rings. The van der Waals surface area contributed by atoms with Gasteiger partial charge in [0.15, 0.2) is 5.16 Å². The molecule has 1 aromatic heterocycles. The van der Waals surface area contributed by atoms with Gasteiger partial charge in [-0.25, -0.2) is 4.98 Å². The van der Waals surface area contributed by atoms with Crippen LogP contribution in [0, 0.1) is 0 Å². The molecule has 5 heteroatoms. The molecule has 0 spiro atoms. The van der Waals surface area contributed by atoms with Gasteiger partial charge in [0.25, 0.3) is 0 Å². The average molecular weight is 241 g/mol. The predicted octanol–water partition coefficient (Wildman–Crippen LogP) is 2.81. The Morgan fingerprint density at radius 1 is 1.44 bits per heavy atom. The van der Waals surface area contributed by atoms with E-state index in [1.54, 1.807) is 0 Å². The summed E-state index contributed by atoms with van der Waals surface area (Å²) in [7, 11) is 0. The molecule has 0 radical (unpaired) electrons. The van der Waals surface area contributed by atoms with Crippen LogP contribution in [0.3, 0.4) is 0 Å². The molecule has 1 heterocycles. The highest BCUT2D eigenvalue weighted by molar-refractivity contribution is 7.98. The van der Waals surface area contributed by atoms with Crippen molar-refractivity contribution in [1.29, 1.82) is 0 Å². The third-order valence-corrected chi connectivity index (χ3v) is 2.32. The molecular weight excluding hydrogens is 222 g/mol. The smallest absolute Gasteiger partial charge is 0.219 e. The second-order valence-electron chi connectivity index (χ2n) is 3.67. The lowest BCUT2D eigenvalue weighted by Gasteiger charge is -2.11. The molecule has 0 aliphatic carbocycles. The minimum atomic E-state index is 0.128. The van der Waals surface area contributed by atoms with Crippen molar-refractivity contribution in [2.75, 3.05) is 18.1 Å². The van der Waals surface area contributed by atoms with E-state index in [-0.39, 0.29) is 6.10 Å². The first-order chi connectivity index (χ1) is 7.65. The van der Waals surface area contributed by atoms with Crippen LogP contribution in [0.1, 0.15) is 27.2 Å². The van der Waals surface area contributed by atoms with Crippen LogP contribution in [0.25, 0.3) is 0 Å². The first kappa shape index (κ1) is 13.1. The van der Waals surface area contributed by atoms with Crippen LogP contribution in [0.15, 0.2) is 11.2 Å². The molecule has 0 saturated heterocycles. The van der Waals surface area contributed by atoms with Gasteiger partial charge in [-0.2, -0.15) is 4.98 Å². The molecule has 90 valence electrons. The van der Waals surface area contributed by atoms with Crippen LogP contribution in [-0.4, -0.2) is 28.9 Å². The van der Waals surface area contributed by atoms with Gasteiger partial charge in [0.1, 0.15) is 5.82 Å². The monoisotopic (exact) mass is 241 g/mol. The minimum absolute atomic E-state index is 0.128. The highest BCUT2D eigenvalue weighted by Gasteiger charge is 2.05. The molecule has 0 amide bonds. The summed E-state index contributed by atoms with van der Waals surface area (Å²) in [5.74, 6) is 1.46. The van der Waals surface area contributed by atoms with Crippen molar-refractivity contribution < 1.29 is 4.74 Å². The first-order valence-electron chi connectivity index (χ1n) is 5.49. The van der Waals surface area contributed by atoms with Gasteiger partial charge < -0.3 is 10.1 Å². The number of aromatic nitrogens is 2. The molecule has 1 N–H and O–H groups in total. The van der Waals surface area contributed by atoms with Gasteiger partial charge in [-0.15, -0.1) is 0 Å². The Hall–Kier alpha value is -0.970. The van der Waals surface area contributed by atoms with Crippen LogP contribution < -0.4 is 10.1 Å². The molecule has 0 unspecified atom stereocenters. The van der Waals surface area contributed by atoms with Crippen molar-refractivity contribution in [3.63, 3.8) is 0 Å². The highest BCUT2D eigenvalue weighted by Crippen LogP contribution is 2.19. The second kappa shape index (κ2) is 6.58. The minimum Gasteiger partial charge on any atom is -0.475 e. The first-order valence-corrected chi connectivity index (χ1v) is 6.71. The summed E-state index contributed by atoms with van der Waals surface area (Å²) in [4.78, 5) is 8.65. The number of hydrogen-bond acceptors (Lipinski definition) is 5. The summed E-state index contributed by atoms with van der Waals surface area (Å²) < 4.78 is 5.57. The van der Waals surface area contributed by atoms with Gasteiger partial charge in [-0.1, -0.05) is 18.7 Å². The normalized spacial score (nSPS) is 10.6. The summed E-state index contributed by atoms with van der Waals surface area (Å²) in [5.41, 5.74) is 0. The van der Waals surface area contributed by atoms with Crippen LogP contribution in [-0.2, 0) is 0 Å². The number of nitrogens with one attached hydrogen (secondary N) is 1. The lowest BCUT2D eigenvalue weighted by Crippen LogP contribution is -2.09. The van der Waals surface area contributed by atoms with Gasteiger partial charge in [-0.3, -0.25) is 0 Å².